The first-order valence-corrected chi connectivity index (χ1v) is 5.86. The van der Waals surface area contributed by atoms with E-state index in [4.69, 9.17) is 10.00 Å². The van der Waals surface area contributed by atoms with E-state index in [9.17, 15) is 17.6 Å². The lowest BCUT2D eigenvalue weighted by molar-refractivity contribution is -0.137. The van der Waals surface area contributed by atoms with Crippen molar-refractivity contribution in [1.29, 1.82) is 5.26 Å². The molecule has 0 atom stereocenters. The van der Waals surface area contributed by atoms with Gasteiger partial charge in [0.05, 0.1) is 17.2 Å². The molecule has 0 aliphatic carbocycles. The molecule has 0 saturated heterocycles. The predicted molar refractivity (Wildman–Crippen MR) is 67.4 cm³/mol. The molecule has 0 aliphatic heterocycles. The molecule has 0 fully saturated rings. The molecule has 2 nitrogen and oxygen atoms in total. The van der Waals surface area contributed by atoms with Gasteiger partial charge in [0.15, 0.2) is 0 Å². The van der Waals surface area contributed by atoms with Gasteiger partial charge in [0.25, 0.3) is 0 Å². The summed E-state index contributed by atoms with van der Waals surface area (Å²) < 4.78 is 56.5. The number of alkyl halides is 3. The Morgan fingerprint density at radius 2 is 1.81 bits per heavy atom. The van der Waals surface area contributed by atoms with Crippen molar-refractivity contribution >= 4 is 0 Å². The second-order valence-corrected chi connectivity index (χ2v) is 4.33. The molecule has 0 aromatic heterocycles. The Kier molecular flexibility index (Phi) is 3.85. The summed E-state index contributed by atoms with van der Waals surface area (Å²) >= 11 is 0. The molecule has 0 spiro atoms. The molecule has 0 radical (unpaired) electrons. The number of benzene rings is 2. The highest BCUT2D eigenvalue weighted by Crippen LogP contribution is 2.35. The SMILES string of the molecule is Cc1ccc(F)cc1Oc1ccc(C(F)(F)F)c(C#N)c1. The summed E-state index contributed by atoms with van der Waals surface area (Å²) in [5, 5.41) is 8.81. The van der Waals surface area contributed by atoms with Gasteiger partial charge < -0.3 is 4.74 Å². The first kappa shape index (κ1) is 14.9. The van der Waals surface area contributed by atoms with Crippen molar-refractivity contribution < 1.29 is 22.3 Å². The largest absolute Gasteiger partial charge is 0.457 e. The fourth-order valence-electron chi connectivity index (χ4n) is 1.74. The van der Waals surface area contributed by atoms with E-state index in [0.29, 0.717) is 5.56 Å². The van der Waals surface area contributed by atoms with Gasteiger partial charge in [-0.2, -0.15) is 18.4 Å². The Morgan fingerprint density at radius 1 is 1.10 bits per heavy atom. The maximum Gasteiger partial charge on any atom is 0.417 e. The highest BCUT2D eigenvalue weighted by atomic mass is 19.4. The maximum absolute atomic E-state index is 13.1. The normalized spacial score (nSPS) is 11.0. The van der Waals surface area contributed by atoms with Gasteiger partial charge in [0.2, 0.25) is 0 Å². The van der Waals surface area contributed by atoms with E-state index in [1.54, 1.807) is 6.92 Å². The van der Waals surface area contributed by atoms with Crippen LogP contribution >= 0.6 is 0 Å². The lowest BCUT2D eigenvalue weighted by Crippen LogP contribution is -2.07. The summed E-state index contributed by atoms with van der Waals surface area (Å²) in [6, 6.07) is 8.17. The second-order valence-electron chi connectivity index (χ2n) is 4.33. The lowest BCUT2D eigenvalue weighted by Gasteiger charge is -2.12. The Morgan fingerprint density at radius 3 is 2.43 bits per heavy atom. The summed E-state index contributed by atoms with van der Waals surface area (Å²) in [5.74, 6) is -0.310. The number of hydrogen-bond acceptors (Lipinski definition) is 2. The van der Waals surface area contributed by atoms with Crippen LogP contribution < -0.4 is 4.74 Å². The molecule has 0 amide bonds. The topological polar surface area (TPSA) is 33.0 Å². The standard InChI is InChI=1S/C15H9F4NO/c1-9-2-3-11(16)7-14(9)21-12-4-5-13(15(17,18)19)10(6-12)8-20/h2-7H,1H3. The van der Waals surface area contributed by atoms with E-state index in [0.717, 1.165) is 24.3 Å². The smallest absolute Gasteiger partial charge is 0.417 e. The number of rotatable bonds is 2. The van der Waals surface area contributed by atoms with Crippen LogP contribution in [-0.2, 0) is 6.18 Å². The van der Waals surface area contributed by atoms with Crippen LogP contribution in [0.1, 0.15) is 16.7 Å². The van der Waals surface area contributed by atoms with Crippen LogP contribution in [0.3, 0.4) is 0 Å². The molecule has 0 aliphatic rings. The van der Waals surface area contributed by atoms with E-state index in [-0.39, 0.29) is 11.5 Å². The Hall–Kier alpha value is -2.55. The molecule has 0 bridgehead atoms. The zero-order valence-electron chi connectivity index (χ0n) is 10.8. The number of nitrogens with zero attached hydrogens (tertiary/aromatic N) is 1. The van der Waals surface area contributed by atoms with Crippen LogP contribution in [0, 0.1) is 24.1 Å². The molecule has 0 heterocycles. The average molecular weight is 295 g/mol. The van der Waals surface area contributed by atoms with Crippen LogP contribution in [0.15, 0.2) is 36.4 Å². The summed E-state index contributed by atoms with van der Waals surface area (Å²) in [6.45, 7) is 1.67. The van der Waals surface area contributed by atoms with Crippen LogP contribution in [-0.4, -0.2) is 0 Å². The third-order valence-electron chi connectivity index (χ3n) is 2.79. The lowest BCUT2D eigenvalue weighted by atomic mass is 10.1. The average Bonchev–Trinajstić information content (AvgIpc) is 2.41. The minimum Gasteiger partial charge on any atom is -0.457 e. The molecular weight excluding hydrogens is 286 g/mol. The second kappa shape index (κ2) is 5.44. The van der Waals surface area contributed by atoms with Gasteiger partial charge in [-0.3, -0.25) is 0 Å². The molecule has 0 saturated carbocycles. The van der Waals surface area contributed by atoms with Crippen LogP contribution in [0.5, 0.6) is 11.5 Å². The third kappa shape index (κ3) is 3.31. The quantitative estimate of drug-likeness (QED) is 0.744. The van der Waals surface area contributed by atoms with Crippen molar-refractivity contribution in [2.75, 3.05) is 0 Å². The molecule has 2 rings (SSSR count). The minimum absolute atomic E-state index is 0.0354. The van der Waals surface area contributed by atoms with E-state index in [2.05, 4.69) is 0 Å². The summed E-state index contributed by atoms with van der Waals surface area (Å²) in [4.78, 5) is 0. The highest BCUT2D eigenvalue weighted by molar-refractivity contribution is 5.46. The van der Waals surface area contributed by atoms with Gasteiger partial charge >= 0.3 is 6.18 Å². The van der Waals surface area contributed by atoms with Gasteiger partial charge in [-0.05, 0) is 36.8 Å². The molecule has 108 valence electrons. The van der Waals surface area contributed by atoms with Crippen LogP contribution in [0.4, 0.5) is 17.6 Å². The summed E-state index contributed by atoms with van der Waals surface area (Å²) in [7, 11) is 0. The van der Waals surface area contributed by atoms with Gasteiger partial charge in [0.1, 0.15) is 17.3 Å². The van der Waals surface area contributed by atoms with E-state index in [1.165, 1.54) is 18.2 Å². The van der Waals surface area contributed by atoms with Crippen molar-refractivity contribution in [2.45, 2.75) is 13.1 Å². The molecule has 21 heavy (non-hydrogen) atoms. The highest BCUT2D eigenvalue weighted by Gasteiger charge is 2.33. The van der Waals surface area contributed by atoms with Gasteiger partial charge in [-0.25, -0.2) is 4.39 Å². The van der Waals surface area contributed by atoms with Crippen molar-refractivity contribution in [3.63, 3.8) is 0 Å². The Bertz CT molecular complexity index is 717. The first-order valence-electron chi connectivity index (χ1n) is 5.86. The van der Waals surface area contributed by atoms with E-state index >= 15 is 0 Å². The van der Waals surface area contributed by atoms with Crippen LogP contribution in [0.2, 0.25) is 0 Å². The fraction of sp³-hybridized carbons (Fsp3) is 0.133. The molecule has 0 unspecified atom stereocenters. The molecular formula is C15H9F4NO. The van der Waals surface area contributed by atoms with Gasteiger partial charge in [-0.1, -0.05) is 6.07 Å². The molecule has 2 aromatic carbocycles. The van der Waals surface area contributed by atoms with E-state index < -0.39 is 23.1 Å². The predicted octanol–water partition coefficient (Wildman–Crippen LogP) is 4.82. The minimum atomic E-state index is -4.61. The monoisotopic (exact) mass is 295 g/mol. The summed E-state index contributed by atoms with van der Waals surface area (Å²) in [5.41, 5.74) is -0.961. The zero-order valence-corrected chi connectivity index (χ0v) is 10.8. The zero-order chi connectivity index (χ0) is 15.6. The first-order chi connectivity index (χ1) is 9.81. The Balaban J connectivity index is 2.39. The number of halogens is 4. The van der Waals surface area contributed by atoms with Crippen LogP contribution in [0.25, 0.3) is 0 Å². The summed E-state index contributed by atoms with van der Waals surface area (Å²) in [6.07, 6.45) is -4.61. The Labute approximate surface area is 118 Å². The van der Waals surface area contributed by atoms with Crippen molar-refractivity contribution in [3.05, 3.63) is 58.9 Å². The number of nitriles is 1. The number of hydrogen-bond donors (Lipinski definition) is 0. The maximum atomic E-state index is 13.1. The molecule has 0 N–H and O–H groups in total. The number of aryl methyl sites for hydroxylation is 1. The van der Waals surface area contributed by atoms with Gasteiger partial charge in [0, 0.05) is 6.07 Å². The van der Waals surface area contributed by atoms with E-state index in [1.807, 2.05) is 0 Å². The third-order valence-corrected chi connectivity index (χ3v) is 2.79. The van der Waals surface area contributed by atoms with Crippen molar-refractivity contribution in [1.82, 2.24) is 0 Å². The molecule has 2 aromatic rings. The molecule has 6 heteroatoms. The number of ether oxygens (including phenoxy) is 1. The fourth-order valence-corrected chi connectivity index (χ4v) is 1.74. The van der Waals surface area contributed by atoms with Crippen molar-refractivity contribution in [3.8, 4) is 17.6 Å². The van der Waals surface area contributed by atoms with Crippen molar-refractivity contribution in [2.24, 2.45) is 0 Å². The van der Waals surface area contributed by atoms with Gasteiger partial charge in [-0.15, -0.1) is 0 Å².